The van der Waals surface area contributed by atoms with E-state index in [1.165, 1.54) is 12.1 Å². The third-order valence-corrected chi connectivity index (χ3v) is 3.75. The molecule has 0 fully saturated rings. The van der Waals surface area contributed by atoms with Gasteiger partial charge in [0, 0.05) is 0 Å². The Bertz CT molecular complexity index is 556. The first-order chi connectivity index (χ1) is 8.25. The van der Waals surface area contributed by atoms with Crippen molar-refractivity contribution in [2.75, 3.05) is 0 Å². The van der Waals surface area contributed by atoms with Crippen LogP contribution in [0.4, 0.5) is 0 Å². The third kappa shape index (κ3) is 3.69. The van der Waals surface area contributed by atoms with Crippen molar-refractivity contribution in [3.05, 3.63) is 28.8 Å². The highest BCUT2D eigenvalue weighted by atomic mass is 35.5. The molecule has 1 rings (SSSR count). The second kappa shape index (κ2) is 5.69. The quantitative estimate of drug-likeness (QED) is 0.859. The lowest BCUT2D eigenvalue weighted by Crippen LogP contribution is -2.16. The maximum Gasteiger partial charge on any atom is 0.338 e. The van der Waals surface area contributed by atoms with Crippen molar-refractivity contribution in [3.8, 4) is 0 Å². The van der Waals surface area contributed by atoms with Crippen molar-refractivity contribution in [2.45, 2.75) is 31.3 Å². The summed E-state index contributed by atoms with van der Waals surface area (Å²) in [6.45, 7) is 3.62. The first-order valence-electron chi connectivity index (χ1n) is 5.29. The molecule has 0 aliphatic carbocycles. The summed E-state index contributed by atoms with van der Waals surface area (Å²) >= 11 is 5.71. The predicted molar refractivity (Wildman–Crippen MR) is 68.0 cm³/mol. The number of carbonyl (C=O) groups is 1. The lowest BCUT2D eigenvalue weighted by Gasteiger charge is -2.11. The van der Waals surface area contributed by atoms with Crippen LogP contribution in [0.5, 0.6) is 0 Å². The molecule has 100 valence electrons. The molecule has 0 heterocycles. The molecule has 2 N–H and O–H groups in total. The molecule has 0 radical (unpaired) electrons. The first-order valence-corrected chi connectivity index (χ1v) is 7.21. The molecule has 0 aliphatic rings. The maximum atomic E-state index is 11.7. The molecule has 5 nitrogen and oxygen atoms in total. The Balaban J connectivity index is 3.10. The summed E-state index contributed by atoms with van der Waals surface area (Å²) in [5, 5.41) is 4.96. The van der Waals surface area contributed by atoms with Gasteiger partial charge in [-0.05, 0) is 31.5 Å². The normalized spacial score (nSPS) is 13.1. The van der Waals surface area contributed by atoms with E-state index in [-0.39, 0.29) is 21.6 Å². The number of esters is 1. The molecule has 0 amide bonds. The van der Waals surface area contributed by atoms with Crippen LogP contribution in [-0.4, -0.2) is 20.5 Å². The van der Waals surface area contributed by atoms with E-state index in [0.29, 0.717) is 6.42 Å². The zero-order chi connectivity index (χ0) is 13.9. The fraction of sp³-hybridized carbons (Fsp3) is 0.364. The van der Waals surface area contributed by atoms with Crippen molar-refractivity contribution >= 4 is 27.6 Å². The van der Waals surface area contributed by atoms with Crippen LogP contribution in [0.2, 0.25) is 5.02 Å². The summed E-state index contributed by atoms with van der Waals surface area (Å²) < 4.78 is 27.6. The smallest absolute Gasteiger partial charge is 0.338 e. The number of benzene rings is 1. The molecule has 7 heteroatoms. The van der Waals surface area contributed by atoms with Crippen LogP contribution in [-0.2, 0) is 14.8 Å². The second-order valence-electron chi connectivity index (χ2n) is 3.81. The highest BCUT2D eigenvalue weighted by molar-refractivity contribution is 7.89. The van der Waals surface area contributed by atoms with E-state index >= 15 is 0 Å². The van der Waals surface area contributed by atoms with E-state index in [1.54, 1.807) is 6.92 Å². The number of sulfonamides is 1. The van der Waals surface area contributed by atoms with E-state index in [9.17, 15) is 13.2 Å². The van der Waals surface area contributed by atoms with Crippen molar-refractivity contribution in [3.63, 3.8) is 0 Å². The number of nitrogens with two attached hydrogens (primary N) is 1. The Morgan fingerprint density at radius 1 is 1.50 bits per heavy atom. The Morgan fingerprint density at radius 3 is 2.61 bits per heavy atom. The van der Waals surface area contributed by atoms with Crippen molar-refractivity contribution in [2.24, 2.45) is 5.14 Å². The second-order valence-corrected chi connectivity index (χ2v) is 5.75. The Morgan fingerprint density at radius 2 is 2.11 bits per heavy atom. The van der Waals surface area contributed by atoms with Gasteiger partial charge in [-0.25, -0.2) is 18.4 Å². The number of primary sulfonamides is 1. The number of halogens is 1. The van der Waals surface area contributed by atoms with E-state index in [0.717, 1.165) is 6.07 Å². The summed E-state index contributed by atoms with van der Waals surface area (Å²) in [4.78, 5) is 11.4. The first kappa shape index (κ1) is 14.9. The van der Waals surface area contributed by atoms with Crippen LogP contribution in [0.1, 0.15) is 30.6 Å². The van der Waals surface area contributed by atoms with E-state index in [4.69, 9.17) is 21.5 Å². The van der Waals surface area contributed by atoms with Gasteiger partial charge in [0.05, 0.1) is 16.7 Å². The van der Waals surface area contributed by atoms with Crippen molar-refractivity contribution in [1.29, 1.82) is 0 Å². The number of hydrogen-bond acceptors (Lipinski definition) is 4. The fourth-order valence-electron chi connectivity index (χ4n) is 1.18. The molecule has 1 unspecified atom stereocenters. The maximum absolute atomic E-state index is 11.7. The summed E-state index contributed by atoms with van der Waals surface area (Å²) in [6.07, 6.45) is 0.424. The number of carbonyl (C=O) groups excluding carboxylic acids is 1. The SMILES string of the molecule is CCC(C)OC(=O)c1ccc(Cl)c(S(N)(=O)=O)c1. The van der Waals surface area contributed by atoms with Crippen LogP contribution in [0.3, 0.4) is 0 Å². The summed E-state index contributed by atoms with van der Waals surface area (Å²) in [7, 11) is -3.96. The van der Waals surface area contributed by atoms with Gasteiger partial charge < -0.3 is 4.74 Å². The molecule has 1 aromatic rings. The highest BCUT2D eigenvalue weighted by Gasteiger charge is 2.18. The minimum Gasteiger partial charge on any atom is -0.459 e. The molecular weight excluding hydrogens is 278 g/mol. The monoisotopic (exact) mass is 291 g/mol. The molecule has 1 aromatic carbocycles. The molecule has 0 bridgehead atoms. The minimum absolute atomic E-state index is 0.0300. The zero-order valence-corrected chi connectivity index (χ0v) is 11.6. The van der Waals surface area contributed by atoms with Gasteiger partial charge in [-0.2, -0.15) is 0 Å². The van der Waals surface area contributed by atoms with Gasteiger partial charge in [-0.3, -0.25) is 0 Å². The van der Waals surface area contributed by atoms with Gasteiger partial charge in [-0.15, -0.1) is 0 Å². The molecule has 0 saturated heterocycles. The average Bonchev–Trinajstić information content (AvgIpc) is 2.27. The fourth-order valence-corrected chi connectivity index (χ4v) is 2.25. The Hall–Kier alpha value is -1.11. The van der Waals surface area contributed by atoms with Crippen molar-refractivity contribution < 1.29 is 17.9 Å². The van der Waals surface area contributed by atoms with Gasteiger partial charge >= 0.3 is 5.97 Å². The molecule has 0 aliphatic heterocycles. The van der Waals surface area contributed by atoms with E-state index in [1.807, 2.05) is 6.92 Å². The van der Waals surface area contributed by atoms with Gasteiger partial charge in [0.2, 0.25) is 10.0 Å². The average molecular weight is 292 g/mol. The lowest BCUT2D eigenvalue weighted by molar-refractivity contribution is 0.0334. The molecular formula is C11H14ClNO4S. The van der Waals surface area contributed by atoms with Crippen LogP contribution in [0.15, 0.2) is 23.1 Å². The van der Waals surface area contributed by atoms with E-state index < -0.39 is 16.0 Å². The standard InChI is InChI=1S/C11H14ClNO4S/c1-3-7(2)17-11(14)8-4-5-9(12)10(6-8)18(13,15)16/h4-7H,3H2,1-2H3,(H2,13,15,16). The molecule has 0 aromatic heterocycles. The molecule has 1 atom stereocenters. The van der Waals surface area contributed by atoms with Gasteiger partial charge in [0.15, 0.2) is 0 Å². The van der Waals surface area contributed by atoms with Crippen LogP contribution >= 0.6 is 11.6 Å². The predicted octanol–water partition coefficient (Wildman–Crippen LogP) is 1.94. The van der Waals surface area contributed by atoms with Crippen LogP contribution in [0.25, 0.3) is 0 Å². The van der Waals surface area contributed by atoms with Crippen LogP contribution < -0.4 is 5.14 Å². The topological polar surface area (TPSA) is 86.5 Å². The van der Waals surface area contributed by atoms with Gasteiger partial charge in [0.25, 0.3) is 0 Å². The highest BCUT2D eigenvalue weighted by Crippen LogP contribution is 2.22. The lowest BCUT2D eigenvalue weighted by atomic mass is 10.2. The molecule has 18 heavy (non-hydrogen) atoms. The minimum atomic E-state index is -3.96. The molecule has 0 saturated carbocycles. The van der Waals surface area contributed by atoms with Gasteiger partial charge in [-0.1, -0.05) is 18.5 Å². The third-order valence-electron chi connectivity index (χ3n) is 2.36. The number of hydrogen-bond donors (Lipinski definition) is 1. The largest absolute Gasteiger partial charge is 0.459 e. The zero-order valence-electron chi connectivity index (χ0n) is 10.0. The van der Waals surface area contributed by atoms with E-state index in [2.05, 4.69) is 0 Å². The Labute approximate surface area is 111 Å². The van der Waals surface area contributed by atoms with Gasteiger partial charge in [0.1, 0.15) is 4.90 Å². The number of rotatable bonds is 4. The Kier molecular flexibility index (Phi) is 4.72. The summed E-state index contributed by atoms with van der Waals surface area (Å²) in [5.41, 5.74) is 0.101. The number of ether oxygens (including phenoxy) is 1. The summed E-state index contributed by atoms with van der Waals surface area (Å²) in [6, 6.07) is 3.80. The van der Waals surface area contributed by atoms with Crippen molar-refractivity contribution in [1.82, 2.24) is 0 Å². The van der Waals surface area contributed by atoms with Crippen LogP contribution in [0, 0.1) is 0 Å². The summed E-state index contributed by atoms with van der Waals surface area (Å²) in [5.74, 6) is -0.606. The molecule has 0 spiro atoms.